The Morgan fingerprint density at radius 3 is 2.31 bits per heavy atom. The minimum atomic E-state index is -0.316. The second-order valence-corrected chi connectivity index (χ2v) is 6.02. The van der Waals surface area contributed by atoms with Gasteiger partial charge < -0.3 is 16.4 Å². The van der Waals surface area contributed by atoms with E-state index in [0.29, 0.717) is 33.8 Å². The van der Waals surface area contributed by atoms with Gasteiger partial charge in [-0.2, -0.15) is 0 Å². The Morgan fingerprint density at radius 1 is 1.00 bits per heavy atom. The average molecular weight is 349 g/mol. The maximum absolute atomic E-state index is 14.3. The fourth-order valence-corrected chi connectivity index (χ4v) is 2.44. The Morgan fingerprint density at radius 2 is 1.65 bits per heavy atom. The van der Waals surface area contributed by atoms with E-state index in [2.05, 4.69) is 30.4 Å². The van der Waals surface area contributed by atoms with Crippen LogP contribution in [0.3, 0.4) is 0 Å². The highest BCUT2D eigenvalue weighted by Crippen LogP contribution is 2.23. The second kappa shape index (κ2) is 8.21. The molecule has 0 radical (unpaired) electrons. The molecule has 0 fully saturated rings. The van der Waals surface area contributed by atoms with Crippen molar-refractivity contribution in [3.05, 3.63) is 108 Å². The number of halogens is 1. The van der Waals surface area contributed by atoms with Crippen LogP contribution in [-0.4, -0.2) is 0 Å². The Balaban J connectivity index is 2.14. The summed E-state index contributed by atoms with van der Waals surface area (Å²) in [6.45, 7) is 15.7. The molecule has 0 aliphatic carbocycles. The molecule has 0 amide bonds. The lowest BCUT2D eigenvalue weighted by Crippen LogP contribution is -2.18. The predicted octanol–water partition coefficient (Wildman–Crippen LogP) is 4.98. The minimum absolute atomic E-state index is 0.316. The van der Waals surface area contributed by atoms with Crippen LogP contribution in [0.15, 0.2) is 85.4 Å². The van der Waals surface area contributed by atoms with Gasteiger partial charge in [0.05, 0.1) is 5.70 Å². The normalized spacial score (nSPS) is 11.0. The van der Waals surface area contributed by atoms with E-state index in [4.69, 9.17) is 5.73 Å². The van der Waals surface area contributed by atoms with Gasteiger partial charge >= 0.3 is 0 Å². The lowest BCUT2D eigenvalue weighted by molar-refractivity contribution is 0.613. The summed E-state index contributed by atoms with van der Waals surface area (Å²) in [4.78, 5) is 0. The van der Waals surface area contributed by atoms with Gasteiger partial charge in [-0.05, 0) is 37.1 Å². The van der Waals surface area contributed by atoms with Gasteiger partial charge in [0.25, 0.3) is 0 Å². The molecule has 0 aliphatic rings. The van der Waals surface area contributed by atoms with Crippen molar-refractivity contribution in [2.45, 2.75) is 13.8 Å². The summed E-state index contributed by atoms with van der Waals surface area (Å²) < 4.78 is 14.3. The number of aryl methyl sites for hydroxylation is 2. The fraction of sp³-hybridized carbons (Fsp3) is 0.0909. The number of nitrogens with one attached hydrogen (secondary N) is 2. The van der Waals surface area contributed by atoms with Gasteiger partial charge in [0.1, 0.15) is 5.82 Å². The quantitative estimate of drug-likeness (QED) is 0.618. The van der Waals surface area contributed by atoms with Crippen LogP contribution in [-0.2, 0) is 0 Å². The SMILES string of the molecule is C=C(Nc1ccccc1C)C(=C)/C(=C\N)NC(=C)c1cccc(C)c1F. The molecule has 3 nitrogen and oxygen atoms in total. The maximum atomic E-state index is 14.3. The second-order valence-electron chi connectivity index (χ2n) is 6.02. The van der Waals surface area contributed by atoms with Gasteiger partial charge in [0.15, 0.2) is 0 Å². The summed E-state index contributed by atoms with van der Waals surface area (Å²) in [5.74, 6) is -0.316. The lowest BCUT2D eigenvalue weighted by Gasteiger charge is -2.19. The largest absolute Gasteiger partial charge is 0.403 e. The molecule has 2 aromatic carbocycles. The van der Waals surface area contributed by atoms with Gasteiger partial charge in [0, 0.05) is 34.4 Å². The van der Waals surface area contributed by atoms with Crippen molar-refractivity contribution >= 4 is 11.4 Å². The van der Waals surface area contributed by atoms with Crippen molar-refractivity contribution in [3.8, 4) is 0 Å². The Kier molecular flexibility index (Phi) is 6.02. The molecule has 0 spiro atoms. The topological polar surface area (TPSA) is 50.1 Å². The summed E-state index contributed by atoms with van der Waals surface area (Å²) in [6, 6.07) is 13.0. The zero-order valence-electron chi connectivity index (χ0n) is 15.2. The van der Waals surface area contributed by atoms with Gasteiger partial charge in [-0.25, -0.2) is 4.39 Å². The van der Waals surface area contributed by atoms with Gasteiger partial charge in [-0.15, -0.1) is 0 Å². The maximum Gasteiger partial charge on any atom is 0.135 e. The molecule has 4 heteroatoms. The molecule has 4 N–H and O–H groups in total. The van der Waals surface area contributed by atoms with E-state index in [1.54, 1.807) is 25.1 Å². The van der Waals surface area contributed by atoms with E-state index >= 15 is 0 Å². The molecule has 26 heavy (non-hydrogen) atoms. The molecule has 0 saturated heterocycles. The summed E-state index contributed by atoms with van der Waals surface area (Å²) >= 11 is 0. The first-order valence-electron chi connectivity index (χ1n) is 8.19. The van der Waals surface area contributed by atoms with Crippen LogP contribution in [0.1, 0.15) is 16.7 Å². The zero-order valence-corrected chi connectivity index (χ0v) is 15.2. The third-order valence-corrected chi connectivity index (χ3v) is 4.09. The molecule has 0 unspecified atom stereocenters. The van der Waals surface area contributed by atoms with E-state index in [-0.39, 0.29) is 5.82 Å². The molecule has 2 rings (SSSR count). The van der Waals surface area contributed by atoms with Gasteiger partial charge in [-0.3, -0.25) is 0 Å². The molecule has 134 valence electrons. The van der Waals surface area contributed by atoms with Crippen LogP contribution in [0.25, 0.3) is 5.70 Å². The lowest BCUT2D eigenvalue weighted by atomic mass is 10.1. The van der Waals surface area contributed by atoms with Gasteiger partial charge in [-0.1, -0.05) is 50.1 Å². The smallest absolute Gasteiger partial charge is 0.135 e. The van der Waals surface area contributed by atoms with Crippen molar-refractivity contribution < 1.29 is 4.39 Å². The van der Waals surface area contributed by atoms with Crippen molar-refractivity contribution in [2.24, 2.45) is 5.73 Å². The highest BCUT2D eigenvalue weighted by Gasteiger charge is 2.13. The van der Waals surface area contributed by atoms with E-state index in [1.807, 2.05) is 31.2 Å². The predicted molar refractivity (Wildman–Crippen MR) is 109 cm³/mol. The van der Waals surface area contributed by atoms with Crippen molar-refractivity contribution in [1.29, 1.82) is 0 Å². The number of hydrogen-bond donors (Lipinski definition) is 3. The van der Waals surface area contributed by atoms with Crippen molar-refractivity contribution in [3.63, 3.8) is 0 Å². The first kappa shape index (κ1) is 19.1. The highest BCUT2D eigenvalue weighted by atomic mass is 19.1. The Labute approximate surface area is 154 Å². The minimum Gasteiger partial charge on any atom is -0.403 e. The molecule has 2 aromatic rings. The summed E-state index contributed by atoms with van der Waals surface area (Å²) in [6.07, 6.45) is 1.37. The molecular weight excluding hydrogens is 325 g/mol. The van der Waals surface area contributed by atoms with Crippen molar-refractivity contribution in [1.82, 2.24) is 5.32 Å². The number of para-hydroxylation sites is 1. The number of anilines is 1. The van der Waals surface area contributed by atoms with Gasteiger partial charge in [0.2, 0.25) is 0 Å². The van der Waals surface area contributed by atoms with E-state index in [0.717, 1.165) is 11.3 Å². The molecule has 0 atom stereocenters. The van der Waals surface area contributed by atoms with Crippen molar-refractivity contribution in [2.75, 3.05) is 5.32 Å². The molecular formula is C22H24FN3. The van der Waals surface area contributed by atoms with Crippen LogP contribution >= 0.6 is 0 Å². The highest BCUT2D eigenvalue weighted by molar-refractivity contribution is 5.67. The third-order valence-electron chi connectivity index (χ3n) is 4.09. The van der Waals surface area contributed by atoms with E-state index in [1.165, 1.54) is 6.20 Å². The Bertz CT molecular complexity index is 894. The van der Waals surface area contributed by atoms with Crippen LogP contribution in [0.5, 0.6) is 0 Å². The summed E-state index contributed by atoms with van der Waals surface area (Å²) in [5, 5.41) is 6.26. The zero-order chi connectivity index (χ0) is 19.3. The van der Waals surface area contributed by atoms with Crippen LogP contribution in [0, 0.1) is 19.7 Å². The molecule has 0 aliphatic heterocycles. The number of benzene rings is 2. The first-order chi connectivity index (χ1) is 12.3. The Hall–Kier alpha value is -3.27. The number of nitrogens with two attached hydrogens (primary N) is 1. The standard InChI is InChI=1S/C22H24FN3/c1-14-9-6-7-12-20(14)25-17(4)16(3)21(13-24)26-18(5)19-11-8-10-15(2)22(19)23/h6-13,25-26H,3-5,24H2,1-2H3/b21-13+. The summed E-state index contributed by atoms with van der Waals surface area (Å²) in [5.41, 5.74) is 10.7. The summed E-state index contributed by atoms with van der Waals surface area (Å²) in [7, 11) is 0. The number of rotatable bonds is 7. The number of hydrogen-bond acceptors (Lipinski definition) is 3. The van der Waals surface area contributed by atoms with Crippen LogP contribution in [0.2, 0.25) is 0 Å². The molecule has 0 aromatic heterocycles. The average Bonchev–Trinajstić information content (AvgIpc) is 2.63. The van der Waals surface area contributed by atoms with E-state index < -0.39 is 0 Å². The van der Waals surface area contributed by atoms with Crippen LogP contribution < -0.4 is 16.4 Å². The molecule has 0 bridgehead atoms. The third kappa shape index (κ3) is 4.22. The van der Waals surface area contributed by atoms with Crippen LogP contribution in [0.4, 0.5) is 10.1 Å². The molecule has 0 saturated carbocycles. The monoisotopic (exact) mass is 349 g/mol. The fourth-order valence-electron chi connectivity index (χ4n) is 2.44. The van der Waals surface area contributed by atoms with E-state index in [9.17, 15) is 4.39 Å². The molecule has 0 heterocycles. The first-order valence-corrected chi connectivity index (χ1v) is 8.19.